The number of halogens is 1. The fourth-order valence-corrected chi connectivity index (χ4v) is 7.96. The third-order valence-electron chi connectivity index (χ3n) is 9.23. The second-order valence-corrected chi connectivity index (χ2v) is 10.3. The van der Waals surface area contributed by atoms with E-state index in [0.717, 1.165) is 36.3 Å². The van der Waals surface area contributed by atoms with Gasteiger partial charge in [-0.15, -0.1) is 0 Å². The molecule has 8 atom stereocenters. The highest BCUT2D eigenvalue weighted by molar-refractivity contribution is 6.32. The first-order valence-electron chi connectivity index (χ1n) is 10.0. The Hall–Kier alpha value is -0.930. The Morgan fingerprint density at radius 2 is 1.88 bits per heavy atom. The number of fused-ring (bicyclic) bond motifs is 7. The second-order valence-electron chi connectivity index (χ2n) is 9.91. The summed E-state index contributed by atoms with van der Waals surface area (Å²) in [5.41, 5.74) is -0.566. The van der Waals surface area contributed by atoms with Crippen molar-refractivity contribution in [2.75, 3.05) is 0 Å². The largest absolute Gasteiger partial charge is 0.382 e. The minimum atomic E-state index is -1.20. The van der Waals surface area contributed by atoms with Crippen molar-refractivity contribution in [3.63, 3.8) is 0 Å². The van der Waals surface area contributed by atoms with Gasteiger partial charge in [0.25, 0.3) is 0 Å². The number of ketones is 2. The van der Waals surface area contributed by atoms with Gasteiger partial charge >= 0.3 is 0 Å². The van der Waals surface area contributed by atoms with E-state index in [4.69, 9.17) is 11.6 Å². The van der Waals surface area contributed by atoms with Gasteiger partial charge in [0.2, 0.25) is 0 Å². The SMILES string of the molecule is CC(=O)[C@@]1(O)CC[C@H]2[C@@H]3C=C(Cl)C4=CC(=O)C5CC5[C@]4(C)[C@H]3CC[C@@]21C. The number of allylic oxidation sites excluding steroid dienone is 4. The van der Waals surface area contributed by atoms with E-state index in [1.807, 2.05) is 6.08 Å². The van der Waals surface area contributed by atoms with Gasteiger partial charge in [-0.2, -0.15) is 0 Å². The third-order valence-corrected chi connectivity index (χ3v) is 9.56. The molecular weight excluding hydrogens is 348 g/mol. The molecule has 0 aromatic heterocycles. The molecule has 1 N–H and O–H groups in total. The summed E-state index contributed by atoms with van der Waals surface area (Å²) in [5, 5.41) is 11.9. The molecule has 2 unspecified atom stereocenters. The van der Waals surface area contributed by atoms with E-state index in [1.54, 1.807) is 0 Å². The molecule has 5 aliphatic rings. The van der Waals surface area contributed by atoms with Crippen molar-refractivity contribution >= 4 is 23.2 Å². The highest BCUT2D eigenvalue weighted by Crippen LogP contribution is 2.72. The monoisotopic (exact) mass is 374 g/mol. The van der Waals surface area contributed by atoms with Crippen molar-refractivity contribution in [1.82, 2.24) is 0 Å². The fourth-order valence-electron chi connectivity index (χ4n) is 7.56. The molecule has 26 heavy (non-hydrogen) atoms. The first kappa shape index (κ1) is 17.2. The Bertz CT molecular complexity index is 797. The number of Topliss-reactive ketones (excluding diaryl/α,β-unsaturated/α-hetero) is 1. The van der Waals surface area contributed by atoms with E-state index in [9.17, 15) is 14.7 Å². The van der Waals surface area contributed by atoms with Crippen LogP contribution in [0.3, 0.4) is 0 Å². The van der Waals surface area contributed by atoms with Crippen molar-refractivity contribution in [3.05, 3.63) is 22.8 Å². The maximum atomic E-state index is 12.3. The van der Waals surface area contributed by atoms with Gasteiger partial charge < -0.3 is 5.11 Å². The highest BCUT2D eigenvalue weighted by atomic mass is 35.5. The lowest BCUT2D eigenvalue weighted by atomic mass is 9.47. The molecule has 0 amide bonds. The number of carbonyl (C=O) groups is 2. The molecule has 0 bridgehead atoms. The number of hydrogen-bond acceptors (Lipinski definition) is 3. The summed E-state index contributed by atoms with van der Waals surface area (Å²) >= 11 is 6.73. The minimum Gasteiger partial charge on any atom is -0.382 e. The molecule has 0 heterocycles. The zero-order chi connectivity index (χ0) is 18.6. The van der Waals surface area contributed by atoms with E-state index < -0.39 is 5.60 Å². The molecular formula is C22H27ClO3. The standard InChI is InChI=1S/C22H27ClO3/c1-11(24)22(26)7-5-14-12-9-18(23)17-10-19(25)13-8-16(13)21(17,3)15(12)4-6-20(14,22)2/h9-10,12-16,26H,4-8H2,1-3H3/t12-,13?,14-,15-,16?,20-,21-,22-/m0/s1. The van der Waals surface area contributed by atoms with Gasteiger partial charge in [-0.1, -0.05) is 31.5 Å². The zero-order valence-corrected chi connectivity index (χ0v) is 16.5. The van der Waals surface area contributed by atoms with Crippen LogP contribution >= 0.6 is 11.6 Å². The van der Waals surface area contributed by atoms with E-state index in [0.29, 0.717) is 18.3 Å². The van der Waals surface area contributed by atoms with Crippen LogP contribution in [0.1, 0.15) is 52.9 Å². The summed E-state index contributed by atoms with van der Waals surface area (Å²) in [4.78, 5) is 24.6. The quantitative estimate of drug-likeness (QED) is 0.753. The number of rotatable bonds is 1. The summed E-state index contributed by atoms with van der Waals surface area (Å²) in [7, 11) is 0. The second kappa shape index (κ2) is 4.91. The van der Waals surface area contributed by atoms with Crippen LogP contribution in [0.2, 0.25) is 0 Å². The molecule has 0 aromatic rings. The fraction of sp³-hybridized carbons (Fsp3) is 0.727. The normalized spacial score (nSPS) is 54.3. The van der Waals surface area contributed by atoms with Crippen molar-refractivity contribution in [1.29, 1.82) is 0 Å². The summed E-state index contributed by atoms with van der Waals surface area (Å²) < 4.78 is 0. The average molecular weight is 375 g/mol. The summed E-state index contributed by atoms with van der Waals surface area (Å²) in [6.45, 7) is 5.97. The van der Waals surface area contributed by atoms with Crippen LogP contribution in [0.4, 0.5) is 0 Å². The van der Waals surface area contributed by atoms with Gasteiger partial charge in [0.1, 0.15) is 5.60 Å². The van der Waals surface area contributed by atoms with Gasteiger partial charge in [0.15, 0.2) is 11.6 Å². The van der Waals surface area contributed by atoms with E-state index >= 15 is 0 Å². The lowest BCUT2D eigenvalue weighted by Crippen LogP contribution is -2.56. The number of aliphatic hydroxyl groups is 1. The van der Waals surface area contributed by atoms with E-state index in [2.05, 4.69) is 19.9 Å². The van der Waals surface area contributed by atoms with Crippen LogP contribution in [0.5, 0.6) is 0 Å². The Labute approximate surface area is 159 Å². The lowest BCUT2D eigenvalue weighted by Gasteiger charge is -2.57. The summed E-state index contributed by atoms with van der Waals surface area (Å²) in [6, 6.07) is 0. The molecule has 0 saturated heterocycles. The molecule has 3 fully saturated rings. The summed E-state index contributed by atoms with van der Waals surface area (Å²) in [5.74, 6) is 1.78. The van der Waals surface area contributed by atoms with Crippen LogP contribution < -0.4 is 0 Å². The Kier molecular flexibility index (Phi) is 3.25. The maximum Gasteiger partial charge on any atom is 0.161 e. The number of hydrogen-bond donors (Lipinski definition) is 1. The van der Waals surface area contributed by atoms with Gasteiger partial charge in [-0.05, 0) is 74.3 Å². The molecule has 0 radical (unpaired) electrons. The van der Waals surface area contributed by atoms with E-state index in [1.165, 1.54) is 6.92 Å². The topological polar surface area (TPSA) is 54.4 Å². The van der Waals surface area contributed by atoms with Gasteiger partial charge in [0.05, 0.1) is 0 Å². The van der Waals surface area contributed by atoms with Crippen LogP contribution in [0.25, 0.3) is 0 Å². The van der Waals surface area contributed by atoms with Crippen molar-refractivity contribution < 1.29 is 14.7 Å². The first-order valence-corrected chi connectivity index (χ1v) is 10.4. The smallest absolute Gasteiger partial charge is 0.161 e. The van der Waals surface area contributed by atoms with Crippen LogP contribution in [0, 0.1) is 40.4 Å². The summed E-state index contributed by atoms with van der Waals surface area (Å²) in [6.07, 6.45) is 8.25. The predicted octanol–water partition coefficient (Wildman–Crippen LogP) is 4.04. The molecule has 3 nitrogen and oxygen atoms in total. The van der Waals surface area contributed by atoms with Crippen molar-refractivity contribution in [3.8, 4) is 0 Å². The zero-order valence-electron chi connectivity index (χ0n) is 15.7. The van der Waals surface area contributed by atoms with Crippen molar-refractivity contribution in [2.45, 2.75) is 58.5 Å². The van der Waals surface area contributed by atoms with Crippen molar-refractivity contribution in [2.24, 2.45) is 40.4 Å². The molecule has 5 rings (SSSR count). The molecule has 0 spiro atoms. The molecule has 140 valence electrons. The Balaban J connectivity index is 1.62. The van der Waals surface area contributed by atoms with Crippen LogP contribution in [-0.2, 0) is 9.59 Å². The van der Waals surface area contributed by atoms with Gasteiger partial charge in [-0.25, -0.2) is 0 Å². The average Bonchev–Trinajstić information content (AvgIpc) is 3.33. The Morgan fingerprint density at radius 3 is 2.58 bits per heavy atom. The molecule has 3 saturated carbocycles. The minimum absolute atomic E-state index is 0.0344. The molecule has 0 aromatic carbocycles. The molecule has 0 aliphatic heterocycles. The van der Waals surface area contributed by atoms with E-state index in [-0.39, 0.29) is 40.2 Å². The first-order chi connectivity index (χ1) is 12.1. The Morgan fingerprint density at radius 1 is 1.19 bits per heavy atom. The molecule has 5 aliphatic carbocycles. The third kappa shape index (κ3) is 1.75. The number of carbonyl (C=O) groups excluding carboxylic acids is 2. The maximum absolute atomic E-state index is 12.3. The lowest BCUT2D eigenvalue weighted by molar-refractivity contribution is -0.157. The van der Waals surface area contributed by atoms with Crippen LogP contribution in [-0.4, -0.2) is 22.3 Å². The van der Waals surface area contributed by atoms with Gasteiger partial charge in [0, 0.05) is 21.8 Å². The predicted molar refractivity (Wildman–Crippen MR) is 99.4 cm³/mol. The van der Waals surface area contributed by atoms with Gasteiger partial charge in [-0.3, -0.25) is 9.59 Å². The highest BCUT2D eigenvalue weighted by Gasteiger charge is 2.69. The molecule has 4 heteroatoms. The van der Waals surface area contributed by atoms with Crippen LogP contribution in [0.15, 0.2) is 22.8 Å².